The second kappa shape index (κ2) is 5.53. The molecule has 0 radical (unpaired) electrons. The van der Waals surface area contributed by atoms with Crippen LogP contribution in [0.5, 0.6) is 0 Å². The summed E-state index contributed by atoms with van der Waals surface area (Å²) < 4.78 is 0. The van der Waals surface area contributed by atoms with Gasteiger partial charge in [0.15, 0.2) is 0 Å². The molecule has 0 saturated carbocycles. The molecule has 0 bridgehead atoms. The van der Waals surface area contributed by atoms with Crippen molar-refractivity contribution in [3.8, 4) is 0 Å². The molecule has 18 heavy (non-hydrogen) atoms. The van der Waals surface area contributed by atoms with E-state index in [0.717, 1.165) is 19.3 Å². The molecule has 1 aliphatic carbocycles. The van der Waals surface area contributed by atoms with Crippen molar-refractivity contribution in [2.75, 3.05) is 7.05 Å². The van der Waals surface area contributed by atoms with E-state index in [2.05, 4.69) is 18.2 Å². The van der Waals surface area contributed by atoms with Gasteiger partial charge in [-0.15, -0.1) is 0 Å². The third kappa shape index (κ3) is 2.56. The number of hydrogen-bond acceptors (Lipinski definition) is 2. The number of nitrogens with two attached hydrogens (primary N) is 1. The van der Waals surface area contributed by atoms with Crippen molar-refractivity contribution in [2.24, 2.45) is 5.73 Å². The fourth-order valence-electron chi connectivity index (χ4n) is 2.62. The van der Waals surface area contributed by atoms with Crippen LogP contribution in [0, 0.1) is 0 Å². The summed E-state index contributed by atoms with van der Waals surface area (Å²) in [5, 5.41) is 0. The Bertz CT molecular complexity index is 430. The van der Waals surface area contributed by atoms with Gasteiger partial charge in [-0.05, 0) is 30.4 Å². The maximum absolute atomic E-state index is 12.2. The fourth-order valence-corrected chi connectivity index (χ4v) is 2.62. The predicted octanol–water partition coefficient (Wildman–Crippen LogP) is 2.26. The molecule has 1 aromatic carbocycles. The highest BCUT2D eigenvalue weighted by molar-refractivity contribution is 5.77. The molecule has 1 aliphatic rings. The number of nitrogens with zero attached hydrogens (tertiary/aromatic N) is 1. The molecular weight excluding hydrogens is 224 g/mol. The second-order valence-electron chi connectivity index (χ2n) is 5.13. The van der Waals surface area contributed by atoms with E-state index in [1.54, 1.807) is 0 Å². The molecule has 2 atom stereocenters. The van der Waals surface area contributed by atoms with Crippen molar-refractivity contribution in [1.82, 2.24) is 4.90 Å². The lowest BCUT2D eigenvalue weighted by atomic mass is 10.1. The summed E-state index contributed by atoms with van der Waals surface area (Å²) in [6, 6.07) is 8.62. The first-order valence-corrected chi connectivity index (χ1v) is 6.72. The van der Waals surface area contributed by atoms with Gasteiger partial charge in [-0.25, -0.2) is 0 Å². The van der Waals surface area contributed by atoms with E-state index in [0.29, 0.717) is 6.42 Å². The van der Waals surface area contributed by atoms with Crippen molar-refractivity contribution >= 4 is 5.91 Å². The van der Waals surface area contributed by atoms with Gasteiger partial charge in [0.1, 0.15) is 0 Å². The van der Waals surface area contributed by atoms with Gasteiger partial charge in [0, 0.05) is 19.5 Å². The van der Waals surface area contributed by atoms with Gasteiger partial charge in [0.25, 0.3) is 0 Å². The van der Waals surface area contributed by atoms with Crippen molar-refractivity contribution in [1.29, 1.82) is 0 Å². The third-order valence-corrected chi connectivity index (χ3v) is 3.92. The monoisotopic (exact) mass is 246 g/mol. The Balaban J connectivity index is 2.07. The Kier molecular flexibility index (Phi) is 4.02. The van der Waals surface area contributed by atoms with Crippen molar-refractivity contribution < 1.29 is 4.79 Å². The summed E-state index contributed by atoms with van der Waals surface area (Å²) in [5.74, 6) is 0.158. The van der Waals surface area contributed by atoms with Gasteiger partial charge in [0.05, 0.1) is 6.04 Å². The molecule has 0 spiro atoms. The highest BCUT2D eigenvalue weighted by Crippen LogP contribution is 2.35. The summed E-state index contributed by atoms with van der Waals surface area (Å²) in [5.41, 5.74) is 8.54. The minimum atomic E-state index is -0.0170. The molecule has 0 heterocycles. The Morgan fingerprint density at radius 3 is 2.94 bits per heavy atom. The molecule has 1 amide bonds. The maximum Gasteiger partial charge on any atom is 0.224 e. The molecular formula is C15H22N2O. The molecule has 1 aromatic rings. The molecule has 3 nitrogen and oxygen atoms in total. The highest BCUT2D eigenvalue weighted by atomic mass is 16.2. The van der Waals surface area contributed by atoms with E-state index in [4.69, 9.17) is 5.73 Å². The molecule has 3 heteroatoms. The van der Waals surface area contributed by atoms with E-state index < -0.39 is 0 Å². The summed E-state index contributed by atoms with van der Waals surface area (Å²) in [4.78, 5) is 14.0. The number of rotatable bonds is 4. The van der Waals surface area contributed by atoms with Crippen LogP contribution in [0.1, 0.15) is 43.4 Å². The topological polar surface area (TPSA) is 46.3 Å². The SMILES string of the molecule is CCC(N)CC(=O)N(C)C1CCc2ccccc21. The lowest BCUT2D eigenvalue weighted by molar-refractivity contribution is -0.132. The first-order chi connectivity index (χ1) is 8.63. The zero-order chi connectivity index (χ0) is 13.1. The maximum atomic E-state index is 12.2. The van der Waals surface area contributed by atoms with Gasteiger partial charge < -0.3 is 10.6 Å². The Morgan fingerprint density at radius 2 is 2.22 bits per heavy atom. The standard InChI is InChI=1S/C15H22N2O/c1-3-12(16)10-15(18)17(2)14-9-8-11-6-4-5-7-13(11)14/h4-7,12,14H,3,8-10,16H2,1-2H3. The molecule has 98 valence electrons. The summed E-state index contributed by atoms with van der Waals surface area (Å²) in [6.07, 6.45) is 3.40. The predicted molar refractivity (Wildman–Crippen MR) is 73.2 cm³/mol. The largest absolute Gasteiger partial charge is 0.339 e. The summed E-state index contributed by atoms with van der Waals surface area (Å²) in [6.45, 7) is 2.02. The first kappa shape index (κ1) is 13.1. The minimum Gasteiger partial charge on any atom is -0.339 e. The smallest absolute Gasteiger partial charge is 0.224 e. The average molecular weight is 246 g/mol. The number of aryl methyl sites for hydroxylation is 1. The van der Waals surface area contributed by atoms with Gasteiger partial charge >= 0.3 is 0 Å². The molecule has 2 unspecified atom stereocenters. The second-order valence-corrected chi connectivity index (χ2v) is 5.13. The molecule has 2 rings (SSSR count). The number of carbonyl (C=O) groups excluding carboxylic acids is 1. The lowest BCUT2D eigenvalue weighted by Crippen LogP contribution is -2.34. The average Bonchev–Trinajstić information content (AvgIpc) is 2.81. The number of fused-ring (bicyclic) bond motifs is 1. The number of carbonyl (C=O) groups is 1. The molecule has 0 saturated heterocycles. The van der Waals surface area contributed by atoms with Crippen molar-refractivity contribution in [3.05, 3.63) is 35.4 Å². The van der Waals surface area contributed by atoms with Crippen LogP contribution in [0.25, 0.3) is 0 Å². The van der Waals surface area contributed by atoms with E-state index in [1.807, 2.05) is 24.9 Å². The van der Waals surface area contributed by atoms with Crippen LogP contribution in [0.15, 0.2) is 24.3 Å². The summed E-state index contributed by atoms with van der Waals surface area (Å²) in [7, 11) is 1.90. The van der Waals surface area contributed by atoms with Crippen LogP contribution in [0.3, 0.4) is 0 Å². The van der Waals surface area contributed by atoms with Gasteiger partial charge in [-0.2, -0.15) is 0 Å². The molecule has 0 fully saturated rings. The van der Waals surface area contributed by atoms with Gasteiger partial charge in [0.2, 0.25) is 5.91 Å². The number of amides is 1. The van der Waals surface area contributed by atoms with Crippen LogP contribution in [-0.2, 0) is 11.2 Å². The fraction of sp³-hybridized carbons (Fsp3) is 0.533. The van der Waals surface area contributed by atoms with Crippen molar-refractivity contribution in [2.45, 2.75) is 44.7 Å². The first-order valence-electron chi connectivity index (χ1n) is 6.72. The number of benzene rings is 1. The quantitative estimate of drug-likeness (QED) is 0.885. The lowest BCUT2D eigenvalue weighted by Gasteiger charge is -2.26. The van der Waals surface area contributed by atoms with E-state index in [9.17, 15) is 4.79 Å². The highest BCUT2D eigenvalue weighted by Gasteiger charge is 2.28. The third-order valence-electron chi connectivity index (χ3n) is 3.92. The normalized spacial score (nSPS) is 19.4. The van der Waals surface area contributed by atoms with Crippen LogP contribution in [0.4, 0.5) is 0 Å². The van der Waals surface area contributed by atoms with Gasteiger partial charge in [-0.1, -0.05) is 31.2 Å². The van der Waals surface area contributed by atoms with E-state index >= 15 is 0 Å². The van der Waals surface area contributed by atoms with Crippen molar-refractivity contribution in [3.63, 3.8) is 0 Å². The van der Waals surface area contributed by atoms with E-state index in [-0.39, 0.29) is 18.0 Å². The molecule has 2 N–H and O–H groups in total. The summed E-state index contributed by atoms with van der Waals surface area (Å²) >= 11 is 0. The Hall–Kier alpha value is -1.35. The number of hydrogen-bond donors (Lipinski definition) is 1. The van der Waals surface area contributed by atoms with Crippen LogP contribution in [-0.4, -0.2) is 23.9 Å². The minimum absolute atomic E-state index is 0.0170. The van der Waals surface area contributed by atoms with Crippen LogP contribution in [0.2, 0.25) is 0 Å². The molecule has 0 aliphatic heterocycles. The molecule has 0 aromatic heterocycles. The van der Waals surface area contributed by atoms with Crippen LogP contribution >= 0.6 is 0 Å². The van der Waals surface area contributed by atoms with E-state index in [1.165, 1.54) is 11.1 Å². The Labute approximate surface area is 109 Å². The van der Waals surface area contributed by atoms with Crippen LogP contribution < -0.4 is 5.73 Å². The Morgan fingerprint density at radius 1 is 1.50 bits per heavy atom. The van der Waals surface area contributed by atoms with Gasteiger partial charge in [-0.3, -0.25) is 4.79 Å². The zero-order valence-corrected chi connectivity index (χ0v) is 11.2. The zero-order valence-electron chi connectivity index (χ0n) is 11.2.